The third kappa shape index (κ3) is 4.06. The predicted octanol–water partition coefficient (Wildman–Crippen LogP) is 2.51. The molecule has 2 aliphatic rings. The number of amides is 2. The molecule has 1 N–H and O–H groups in total. The van der Waals surface area contributed by atoms with Crippen LogP contribution in [-0.4, -0.2) is 49.4 Å². The SMILES string of the molecule is O=C(c1cccc(N2CCCC2=O)c1)N1CC[NH+](Cc2cccc3ccccc23)CC1. The van der Waals surface area contributed by atoms with Crippen LogP contribution in [0.5, 0.6) is 0 Å². The molecule has 0 spiro atoms. The van der Waals surface area contributed by atoms with Crippen LogP contribution in [0.3, 0.4) is 0 Å². The molecule has 0 atom stereocenters. The number of nitrogens with zero attached hydrogens (tertiary/aromatic N) is 2. The minimum absolute atomic E-state index is 0.0673. The second kappa shape index (κ2) is 8.52. The van der Waals surface area contributed by atoms with Crippen molar-refractivity contribution in [1.29, 1.82) is 0 Å². The molecule has 2 aliphatic heterocycles. The maximum atomic E-state index is 13.1. The van der Waals surface area contributed by atoms with Crippen molar-refractivity contribution < 1.29 is 14.5 Å². The number of piperazine rings is 1. The van der Waals surface area contributed by atoms with E-state index in [0.717, 1.165) is 51.4 Å². The third-order valence-corrected chi connectivity index (χ3v) is 6.56. The first-order valence-electron chi connectivity index (χ1n) is 11.2. The number of hydrogen-bond acceptors (Lipinski definition) is 2. The van der Waals surface area contributed by atoms with Crippen LogP contribution in [0.25, 0.3) is 10.8 Å². The Bertz CT molecular complexity index is 1110. The highest BCUT2D eigenvalue weighted by Crippen LogP contribution is 2.23. The van der Waals surface area contributed by atoms with Crippen molar-refractivity contribution in [3.63, 3.8) is 0 Å². The van der Waals surface area contributed by atoms with Gasteiger partial charge in [0, 0.05) is 29.8 Å². The first-order chi connectivity index (χ1) is 15.2. The Morgan fingerprint density at radius 2 is 1.68 bits per heavy atom. The van der Waals surface area contributed by atoms with Crippen LogP contribution in [0.2, 0.25) is 0 Å². The lowest BCUT2D eigenvalue weighted by Crippen LogP contribution is -3.13. The number of carbonyl (C=O) groups is 2. The van der Waals surface area contributed by atoms with Gasteiger partial charge in [-0.05, 0) is 35.4 Å². The molecule has 31 heavy (non-hydrogen) atoms. The zero-order valence-electron chi connectivity index (χ0n) is 17.7. The Hall–Kier alpha value is -3.18. The lowest BCUT2D eigenvalue weighted by Gasteiger charge is -2.32. The zero-order valence-corrected chi connectivity index (χ0v) is 17.7. The van der Waals surface area contributed by atoms with Crippen LogP contribution < -0.4 is 9.80 Å². The Labute approximate surface area is 182 Å². The fraction of sp³-hybridized carbons (Fsp3) is 0.308. The van der Waals surface area contributed by atoms with E-state index in [2.05, 4.69) is 42.5 Å². The van der Waals surface area contributed by atoms with Crippen molar-refractivity contribution in [2.45, 2.75) is 19.4 Å². The topological polar surface area (TPSA) is 45.1 Å². The van der Waals surface area contributed by atoms with Crippen LogP contribution in [-0.2, 0) is 11.3 Å². The first kappa shape index (κ1) is 19.8. The molecule has 0 aliphatic carbocycles. The van der Waals surface area contributed by atoms with Gasteiger partial charge < -0.3 is 14.7 Å². The number of hydrogen-bond donors (Lipinski definition) is 1. The third-order valence-electron chi connectivity index (χ3n) is 6.56. The molecule has 2 saturated heterocycles. The summed E-state index contributed by atoms with van der Waals surface area (Å²) in [7, 11) is 0. The van der Waals surface area contributed by atoms with Crippen LogP contribution in [0, 0.1) is 0 Å². The lowest BCUT2D eigenvalue weighted by atomic mass is 10.0. The quantitative estimate of drug-likeness (QED) is 0.713. The molecule has 3 aromatic rings. The minimum Gasteiger partial charge on any atom is -0.328 e. The van der Waals surface area contributed by atoms with Gasteiger partial charge in [-0.1, -0.05) is 48.5 Å². The molecule has 0 radical (unpaired) electrons. The fourth-order valence-electron chi connectivity index (χ4n) is 4.83. The largest absolute Gasteiger partial charge is 0.328 e. The molecule has 158 valence electrons. The smallest absolute Gasteiger partial charge is 0.254 e. The van der Waals surface area contributed by atoms with E-state index in [1.807, 2.05) is 29.2 Å². The van der Waals surface area contributed by atoms with E-state index >= 15 is 0 Å². The summed E-state index contributed by atoms with van der Waals surface area (Å²) in [6.45, 7) is 5.12. The van der Waals surface area contributed by atoms with Gasteiger partial charge in [-0.2, -0.15) is 0 Å². The molecule has 5 heteroatoms. The molecule has 5 nitrogen and oxygen atoms in total. The maximum Gasteiger partial charge on any atom is 0.254 e. The molecule has 0 unspecified atom stereocenters. The molecule has 2 amide bonds. The number of rotatable bonds is 4. The van der Waals surface area contributed by atoms with Crippen molar-refractivity contribution >= 4 is 28.3 Å². The summed E-state index contributed by atoms with van der Waals surface area (Å²) in [5, 5.41) is 2.61. The minimum atomic E-state index is 0.0673. The number of carbonyl (C=O) groups excluding carboxylic acids is 2. The second-order valence-corrected chi connectivity index (χ2v) is 8.56. The van der Waals surface area contributed by atoms with E-state index in [1.165, 1.54) is 21.2 Å². The van der Waals surface area contributed by atoms with Crippen LogP contribution in [0.1, 0.15) is 28.8 Å². The number of quaternary nitrogens is 1. The highest BCUT2D eigenvalue weighted by atomic mass is 16.2. The van der Waals surface area contributed by atoms with Gasteiger partial charge in [-0.15, -0.1) is 0 Å². The predicted molar refractivity (Wildman–Crippen MR) is 122 cm³/mol. The molecule has 0 aromatic heterocycles. The molecule has 2 fully saturated rings. The van der Waals surface area contributed by atoms with E-state index < -0.39 is 0 Å². The first-order valence-corrected chi connectivity index (χ1v) is 11.2. The number of fused-ring (bicyclic) bond motifs is 1. The van der Waals surface area contributed by atoms with Gasteiger partial charge in [-0.25, -0.2) is 0 Å². The van der Waals surface area contributed by atoms with E-state index in [9.17, 15) is 9.59 Å². The average molecular weight is 415 g/mol. The molecule has 5 rings (SSSR count). The van der Waals surface area contributed by atoms with Gasteiger partial charge >= 0.3 is 0 Å². The van der Waals surface area contributed by atoms with Crippen LogP contribution >= 0.6 is 0 Å². The molecular weight excluding hydrogens is 386 g/mol. The van der Waals surface area contributed by atoms with E-state index in [4.69, 9.17) is 0 Å². The summed E-state index contributed by atoms with van der Waals surface area (Å²) < 4.78 is 0. The average Bonchev–Trinajstić information content (AvgIpc) is 3.25. The molecule has 0 bridgehead atoms. The van der Waals surface area contributed by atoms with Gasteiger partial charge in [0.1, 0.15) is 6.54 Å². The summed E-state index contributed by atoms with van der Waals surface area (Å²) in [5.74, 6) is 0.216. The molecular formula is C26H28N3O2+. The lowest BCUT2D eigenvalue weighted by molar-refractivity contribution is -0.917. The number of benzene rings is 3. The van der Waals surface area contributed by atoms with Crippen molar-refractivity contribution in [3.8, 4) is 0 Å². The monoisotopic (exact) mass is 414 g/mol. The van der Waals surface area contributed by atoms with Gasteiger partial charge in [0.25, 0.3) is 5.91 Å². The molecule has 2 heterocycles. The standard InChI is InChI=1S/C26H27N3O2/c30-25-12-5-13-29(25)23-10-4-8-21(18-23)26(31)28-16-14-27(15-17-28)19-22-9-3-7-20-6-1-2-11-24(20)22/h1-4,6-11,18H,5,12-17,19H2/p+1. The van der Waals surface area contributed by atoms with Gasteiger partial charge in [-0.3, -0.25) is 9.59 Å². The molecule has 3 aromatic carbocycles. The van der Waals surface area contributed by atoms with Crippen molar-refractivity contribution in [2.24, 2.45) is 0 Å². The summed E-state index contributed by atoms with van der Waals surface area (Å²) in [5.41, 5.74) is 2.89. The van der Waals surface area contributed by atoms with Gasteiger partial charge in [0.05, 0.1) is 26.2 Å². The van der Waals surface area contributed by atoms with Gasteiger partial charge in [0.2, 0.25) is 5.91 Å². The second-order valence-electron chi connectivity index (χ2n) is 8.56. The maximum absolute atomic E-state index is 13.1. The van der Waals surface area contributed by atoms with E-state index in [0.29, 0.717) is 12.0 Å². The van der Waals surface area contributed by atoms with Crippen molar-refractivity contribution in [2.75, 3.05) is 37.6 Å². The van der Waals surface area contributed by atoms with Crippen LogP contribution in [0.15, 0.2) is 66.7 Å². The Balaban J connectivity index is 1.23. The summed E-state index contributed by atoms with van der Waals surface area (Å²) in [4.78, 5) is 30.4. The normalized spacial score (nSPS) is 17.5. The highest BCUT2D eigenvalue weighted by molar-refractivity contribution is 5.99. The summed E-state index contributed by atoms with van der Waals surface area (Å²) in [6.07, 6.45) is 1.48. The van der Waals surface area contributed by atoms with E-state index in [-0.39, 0.29) is 11.8 Å². The Morgan fingerprint density at radius 1 is 0.903 bits per heavy atom. The number of anilines is 1. The Kier molecular flexibility index (Phi) is 5.43. The van der Waals surface area contributed by atoms with Crippen molar-refractivity contribution in [3.05, 3.63) is 77.9 Å². The zero-order chi connectivity index (χ0) is 21.2. The highest BCUT2D eigenvalue weighted by Gasteiger charge is 2.26. The van der Waals surface area contributed by atoms with Crippen LogP contribution in [0.4, 0.5) is 5.69 Å². The summed E-state index contributed by atoms with van der Waals surface area (Å²) in [6, 6.07) is 22.6. The van der Waals surface area contributed by atoms with Gasteiger partial charge in [0.15, 0.2) is 0 Å². The fourth-order valence-corrected chi connectivity index (χ4v) is 4.83. The van der Waals surface area contributed by atoms with Crippen molar-refractivity contribution in [1.82, 2.24) is 4.90 Å². The van der Waals surface area contributed by atoms with E-state index in [1.54, 1.807) is 4.90 Å². The number of nitrogens with one attached hydrogen (secondary N) is 1. The molecule has 0 saturated carbocycles. The Morgan fingerprint density at radius 3 is 2.48 bits per heavy atom. The summed E-state index contributed by atoms with van der Waals surface area (Å²) >= 11 is 0.